The van der Waals surface area contributed by atoms with Crippen molar-refractivity contribution in [2.24, 2.45) is 0 Å². The second-order valence-corrected chi connectivity index (χ2v) is 5.81. The Morgan fingerprint density at radius 3 is 2.35 bits per heavy atom. The predicted octanol–water partition coefficient (Wildman–Crippen LogP) is 3.34. The van der Waals surface area contributed by atoms with Crippen LogP contribution in [0.4, 0.5) is 0 Å². The van der Waals surface area contributed by atoms with Gasteiger partial charge in [-0.05, 0) is 49.6 Å². The molecule has 3 rings (SSSR count). The molecule has 0 spiro atoms. The molecule has 2 heterocycles. The van der Waals surface area contributed by atoms with Gasteiger partial charge in [0.15, 0.2) is 0 Å². The fourth-order valence-corrected chi connectivity index (χ4v) is 3.45. The highest BCUT2D eigenvalue weighted by atomic mass is 16.5. The maximum atomic E-state index is 5.39. The van der Waals surface area contributed by atoms with E-state index in [9.17, 15) is 0 Å². The van der Waals surface area contributed by atoms with Gasteiger partial charge in [0, 0.05) is 18.2 Å². The first-order chi connectivity index (χ1) is 9.71. The van der Waals surface area contributed by atoms with Crippen molar-refractivity contribution in [2.45, 2.75) is 37.8 Å². The first-order valence-corrected chi connectivity index (χ1v) is 7.37. The Morgan fingerprint density at radius 2 is 1.75 bits per heavy atom. The Hall–Kier alpha value is -1.48. The monoisotopic (exact) mass is 273 g/mol. The van der Waals surface area contributed by atoms with Crippen LogP contribution < -0.4 is 9.47 Å². The van der Waals surface area contributed by atoms with E-state index in [0.717, 1.165) is 17.9 Å². The summed E-state index contributed by atoms with van der Waals surface area (Å²) in [4.78, 5) is 2.53. The number of piperidine rings is 1. The molecule has 108 valence electrons. The highest BCUT2D eigenvalue weighted by Gasteiger charge is 2.31. The first-order valence-electron chi connectivity index (χ1n) is 7.37. The summed E-state index contributed by atoms with van der Waals surface area (Å²) < 4.78 is 10.8. The second kappa shape index (κ2) is 5.49. The zero-order valence-electron chi connectivity index (χ0n) is 12.6. The number of methoxy groups -OCH3 is 2. The first kappa shape index (κ1) is 13.5. The van der Waals surface area contributed by atoms with Crippen LogP contribution in [0, 0.1) is 0 Å². The fraction of sp³-hybridized carbons (Fsp3) is 0.529. The van der Waals surface area contributed by atoms with E-state index in [0.29, 0.717) is 12.1 Å². The third kappa shape index (κ3) is 2.42. The van der Waals surface area contributed by atoms with Gasteiger partial charge in [-0.1, -0.05) is 12.5 Å². The molecular formula is C17H23NO2. The number of fused-ring (bicyclic) bond motifs is 2. The van der Waals surface area contributed by atoms with Crippen molar-refractivity contribution in [3.63, 3.8) is 0 Å². The van der Waals surface area contributed by atoms with Crippen molar-refractivity contribution in [3.05, 3.63) is 29.8 Å². The van der Waals surface area contributed by atoms with Crippen LogP contribution in [0.25, 0.3) is 5.57 Å². The SMILES string of the molecule is COc1cc(OC)cc(C2=CC3CCCC(C2)N3C)c1. The van der Waals surface area contributed by atoms with Crippen LogP contribution in [0.2, 0.25) is 0 Å². The number of nitrogens with zero attached hydrogens (tertiary/aromatic N) is 1. The molecule has 2 bridgehead atoms. The van der Waals surface area contributed by atoms with Gasteiger partial charge < -0.3 is 9.47 Å². The van der Waals surface area contributed by atoms with Crippen LogP contribution in [0.5, 0.6) is 11.5 Å². The fourth-order valence-electron chi connectivity index (χ4n) is 3.45. The van der Waals surface area contributed by atoms with Crippen LogP contribution in [0.3, 0.4) is 0 Å². The third-order valence-electron chi connectivity index (χ3n) is 4.71. The quantitative estimate of drug-likeness (QED) is 0.843. The minimum Gasteiger partial charge on any atom is -0.497 e. The molecule has 0 N–H and O–H groups in total. The van der Waals surface area contributed by atoms with Crippen molar-refractivity contribution >= 4 is 5.57 Å². The summed E-state index contributed by atoms with van der Waals surface area (Å²) in [6, 6.07) is 7.45. The van der Waals surface area contributed by atoms with Gasteiger partial charge in [-0.15, -0.1) is 0 Å². The predicted molar refractivity (Wildman–Crippen MR) is 81.3 cm³/mol. The standard InChI is InChI=1S/C17H23NO2/c1-18-14-5-4-6-15(18)8-12(7-14)13-9-16(19-2)11-17(10-13)20-3/h7,9-11,14-15H,4-6,8H2,1-3H3. The van der Waals surface area contributed by atoms with Crippen LogP contribution in [0.15, 0.2) is 24.3 Å². The Balaban J connectivity index is 1.96. The topological polar surface area (TPSA) is 21.7 Å². The van der Waals surface area contributed by atoms with E-state index in [2.05, 4.69) is 30.2 Å². The lowest BCUT2D eigenvalue weighted by atomic mass is 9.83. The molecule has 2 unspecified atom stereocenters. The van der Waals surface area contributed by atoms with Crippen LogP contribution in [-0.2, 0) is 0 Å². The smallest absolute Gasteiger partial charge is 0.123 e. The van der Waals surface area contributed by atoms with Gasteiger partial charge in [-0.3, -0.25) is 4.90 Å². The molecule has 0 amide bonds. The number of rotatable bonds is 3. The summed E-state index contributed by atoms with van der Waals surface area (Å²) in [5.41, 5.74) is 2.68. The van der Waals surface area contributed by atoms with Gasteiger partial charge in [-0.25, -0.2) is 0 Å². The van der Waals surface area contributed by atoms with Gasteiger partial charge in [0.2, 0.25) is 0 Å². The summed E-state index contributed by atoms with van der Waals surface area (Å²) >= 11 is 0. The maximum Gasteiger partial charge on any atom is 0.123 e. The van der Waals surface area contributed by atoms with E-state index < -0.39 is 0 Å². The van der Waals surface area contributed by atoms with Crippen molar-refractivity contribution in [3.8, 4) is 11.5 Å². The second-order valence-electron chi connectivity index (χ2n) is 5.81. The minimum absolute atomic E-state index is 0.592. The lowest BCUT2D eigenvalue weighted by Gasteiger charge is -2.42. The number of hydrogen-bond donors (Lipinski definition) is 0. The van der Waals surface area contributed by atoms with Gasteiger partial charge in [-0.2, -0.15) is 0 Å². The van der Waals surface area contributed by atoms with Crippen LogP contribution in [-0.4, -0.2) is 38.3 Å². The Labute approximate surface area is 121 Å². The molecule has 1 fully saturated rings. The summed E-state index contributed by atoms with van der Waals surface area (Å²) in [6.45, 7) is 0. The number of benzene rings is 1. The van der Waals surface area contributed by atoms with E-state index >= 15 is 0 Å². The van der Waals surface area contributed by atoms with E-state index in [-0.39, 0.29) is 0 Å². The summed E-state index contributed by atoms with van der Waals surface area (Å²) in [5.74, 6) is 1.73. The van der Waals surface area contributed by atoms with Crippen molar-refractivity contribution in [2.75, 3.05) is 21.3 Å². The Morgan fingerprint density at radius 1 is 1.05 bits per heavy atom. The van der Waals surface area contributed by atoms with Gasteiger partial charge in [0.25, 0.3) is 0 Å². The largest absolute Gasteiger partial charge is 0.497 e. The van der Waals surface area contributed by atoms with E-state index in [1.165, 1.54) is 30.4 Å². The van der Waals surface area contributed by atoms with Crippen molar-refractivity contribution in [1.29, 1.82) is 0 Å². The molecule has 2 aliphatic rings. The molecule has 0 aliphatic carbocycles. The molecule has 0 aromatic heterocycles. The molecule has 3 nitrogen and oxygen atoms in total. The molecule has 2 atom stereocenters. The molecule has 0 saturated carbocycles. The summed E-state index contributed by atoms with van der Waals surface area (Å²) in [6.07, 6.45) is 7.50. The molecule has 20 heavy (non-hydrogen) atoms. The summed E-state index contributed by atoms with van der Waals surface area (Å²) in [5, 5.41) is 0. The maximum absolute atomic E-state index is 5.39. The number of hydrogen-bond acceptors (Lipinski definition) is 3. The Kier molecular flexibility index (Phi) is 3.70. The molecular weight excluding hydrogens is 250 g/mol. The Bertz CT molecular complexity index is 501. The summed E-state index contributed by atoms with van der Waals surface area (Å²) in [7, 11) is 5.67. The van der Waals surface area contributed by atoms with Gasteiger partial charge in [0.05, 0.1) is 14.2 Å². The average molecular weight is 273 g/mol. The highest BCUT2D eigenvalue weighted by molar-refractivity contribution is 5.70. The van der Waals surface area contributed by atoms with Crippen molar-refractivity contribution in [1.82, 2.24) is 4.90 Å². The molecule has 2 aliphatic heterocycles. The molecule has 3 heteroatoms. The lowest BCUT2D eigenvalue weighted by Crippen LogP contribution is -2.45. The van der Waals surface area contributed by atoms with E-state index in [4.69, 9.17) is 9.47 Å². The van der Waals surface area contributed by atoms with Crippen LogP contribution in [0.1, 0.15) is 31.2 Å². The van der Waals surface area contributed by atoms with Gasteiger partial charge >= 0.3 is 0 Å². The average Bonchev–Trinajstić information content (AvgIpc) is 2.46. The number of likely N-dealkylation sites (N-methyl/N-ethyl adjacent to an activating group) is 1. The highest BCUT2D eigenvalue weighted by Crippen LogP contribution is 2.38. The van der Waals surface area contributed by atoms with E-state index in [1.54, 1.807) is 14.2 Å². The lowest BCUT2D eigenvalue weighted by molar-refractivity contribution is 0.137. The normalized spacial score (nSPS) is 26.1. The molecule has 1 saturated heterocycles. The van der Waals surface area contributed by atoms with E-state index in [1.807, 2.05) is 6.07 Å². The zero-order valence-corrected chi connectivity index (χ0v) is 12.6. The van der Waals surface area contributed by atoms with Crippen LogP contribution >= 0.6 is 0 Å². The number of ether oxygens (including phenoxy) is 2. The van der Waals surface area contributed by atoms with Gasteiger partial charge in [0.1, 0.15) is 11.5 Å². The minimum atomic E-state index is 0.592. The molecule has 1 aromatic carbocycles. The molecule has 0 radical (unpaired) electrons. The van der Waals surface area contributed by atoms with Crippen molar-refractivity contribution < 1.29 is 9.47 Å². The zero-order chi connectivity index (χ0) is 14.1. The third-order valence-corrected chi connectivity index (χ3v) is 4.71. The molecule has 1 aromatic rings.